The van der Waals surface area contributed by atoms with Gasteiger partial charge in [0.05, 0.1) is 19.6 Å². The molecule has 0 aliphatic rings. The van der Waals surface area contributed by atoms with Crippen LogP contribution in [0.25, 0.3) is 0 Å². The summed E-state index contributed by atoms with van der Waals surface area (Å²) in [5.74, 6) is -0.662. The van der Waals surface area contributed by atoms with E-state index in [1.54, 1.807) is 0 Å². The standard InChI is InChI=1S/C11H13NO3S/c1-3-10(13)12-8(7-11(14)15-2)9-5-4-6-16-9/h3-6,8H,1,7H2,2H3,(H,12,13). The van der Waals surface area contributed by atoms with Crippen molar-refractivity contribution in [1.82, 2.24) is 5.32 Å². The molecule has 0 aliphatic heterocycles. The van der Waals surface area contributed by atoms with E-state index in [9.17, 15) is 9.59 Å². The molecule has 1 amide bonds. The van der Waals surface area contributed by atoms with Crippen molar-refractivity contribution in [3.63, 3.8) is 0 Å². The molecular weight excluding hydrogens is 226 g/mol. The highest BCUT2D eigenvalue weighted by Crippen LogP contribution is 2.22. The highest BCUT2D eigenvalue weighted by atomic mass is 32.1. The Kier molecular flexibility index (Phi) is 4.72. The number of ether oxygens (including phenoxy) is 1. The average molecular weight is 239 g/mol. The Labute approximate surface area is 97.9 Å². The van der Waals surface area contributed by atoms with Gasteiger partial charge in [-0.15, -0.1) is 11.3 Å². The van der Waals surface area contributed by atoms with Crippen LogP contribution in [-0.2, 0) is 14.3 Å². The van der Waals surface area contributed by atoms with Crippen molar-refractivity contribution in [3.8, 4) is 0 Å². The van der Waals surface area contributed by atoms with Crippen molar-refractivity contribution in [3.05, 3.63) is 35.0 Å². The Bertz CT molecular complexity index is 373. The Morgan fingerprint density at radius 1 is 1.69 bits per heavy atom. The molecule has 1 N–H and O–H groups in total. The van der Waals surface area contributed by atoms with Crippen LogP contribution in [-0.4, -0.2) is 19.0 Å². The van der Waals surface area contributed by atoms with Gasteiger partial charge in [-0.05, 0) is 17.5 Å². The molecule has 1 heterocycles. The van der Waals surface area contributed by atoms with Crippen LogP contribution in [0.4, 0.5) is 0 Å². The van der Waals surface area contributed by atoms with Gasteiger partial charge in [0.1, 0.15) is 0 Å². The van der Waals surface area contributed by atoms with E-state index in [0.29, 0.717) is 0 Å². The maximum Gasteiger partial charge on any atom is 0.307 e. The summed E-state index contributed by atoms with van der Waals surface area (Å²) in [6.07, 6.45) is 1.30. The molecule has 0 spiro atoms. The zero-order valence-electron chi connectivity index (χ0n) is 8.93. The molecule has 4 nitrogen and oxygen atoms in total. The quantitative estimate of drug-likeness (QED) is 0.628. The van der Waals surface area contributed by atoms with E-state index in [4.69, 9.17) is 0 Å². The molecular formula is C11H13NO3S. The first kappa shape index (κ1) is 12.4. The Balaban J connectivity index is 2.73. The van der Waals surface area contributed by atoms with E-state index < -0.39 is 0 Å². The van der Waals surface area contributed by atoms with E-state index in [0.717, 1.165) is 4.88 Å². The number of methoxy groups -OCH3 is 1. The van der Waals surface area contributed by atoms with Crippen molar-refractivity contribution in [2.45, 2.75) is 12.5 Å². The van der Waals surface area contributed by atoms with Gasteiger partial charge in [-0.3, -0.25) is 9.59 Å². The lowest BCUT2D eigenvalue weighted by Gasteiger charge is -2.14. The molecule has 0 fully saturated rings. The zero-order chi connectivity index (χ0) is 12.0. The Morgan fingerprint density at radius 3 is 2.94 bits per heavy atom. The van der Waals surface area contributed by atoms with Crippen LogP contribution in [0.2, 0.25) is 0 Å². The van der Waals surface area contributed by atoms with Gasteiger partial charge in [0.2, 0.25) is 5.91 Å². The molecule has 1 aromatic heterocycles. The lowest BCUT2D eigenvalue weighted by atomic mass is 10.1. The fraction of sp³-hybridized carbons (Fsp3) is 0.273. The second-order valence-electron chi connectivity index (χ2n) is 3.06. The number of nitrogens with one attached hydrogen (secondary N) is 1. The molecule has 86 valence electrons. The Morgan fingerprint density at radius 2 is 2.44 bits per heavy atom. The van der Waals surface area contributed by atoms with E-state index in [-0.39, 0.29) is 24.3 Å². The predicted molar refractivity (Wildman–Crippen MR) is 62.0 cm³/mol. The lowest BCUT2D eigenvalue weighted by molar-refractivity contribution is -0.141. The summed E-state index contributed by atoms with van der Waals surface area (Å²) in [4.78, 5) is 23.3. The number of thiophene rings is 1. The van der Waals surface area contributed by atoms with E-state index in [1.807, 2.05) is 17.5 Å². The first-order valence-electron chi connectivity index (χ1n) is 4.70. The molecule has 1 aromatic rings. The van der Waals surface area contributed by atoms with Gasteiger partial charge in [0.15, 0.2) is 0 Å². The summed E-state index contributed by atoms with van der Waals surface area (Å²) in [6, 6.07) is 3.38. The molecule has 16 heavy (non-hydrogen) atoms. The summed E-state index contributed by atoms with van der Waals surface area (Å²) in [7, 11) is 1.32. The normalized spacial score (nSPS) is 11.6. The SMILES string of the molecule is C=CC(=O)NC(CC(=O)OC)c1cccs1. The number of carbonyl (C=O) groups is 2. The summed E-state index contributed by atoms with van der Waals surface area (Å²) >= 11 is 1.48. The maximum absolute atomic E-state index is 11.2. The topological polar surface area (TPSA) is 55.4 Å². The maximum atomic E-state index is 11.2. The van der Waals surface area contributed by atoms with Gasteiger partial charge in [-0.1, -0.05) is 12.6 Å². The molecule has 0 aliphatic carbocycles. The van der Waals surface area contributed by atoms with Crippen molar-refractivity contribution < 1.29 is 14.3 Å². The lowest BCUT2D eigenvalue weighted by Crippen LogP contribution is -2.28. The van der Waals surface area contributed by atoms with Crippen molar-refractivity contribution >= 4 is 23.2 Å². The summed E-state index contributed by atoms with van der Waals surface area (Å²) in [6.45, 7) is 3.37. The van der Waals surface area contributed by atoms with E-state index >= 15 is 0 Å². The van der Waals surface area contributed by atoms with Crippen LogP contribution in [0.15, 0.2) is 30.2 Å². The first-order valence-corrected chi connectivity index (χ1v) is 5.58. The fourth-order valence-corrected chi connectivity index (χ4v) is 1.97. The van der Waals surface area contributed by atoms with Crippen molar-refractivity contribution in [1.29, 1.82) is 0 Å². The molecule has 1 rings (SSSR count). The van der Waals surface area contributed by atoms with Crippen LogP contribution in [0.3, 0.4) is 0 Å². The third-order valence-electron chi connectivity index (χ3n) is 1.99. The molecule has 0 aromatic carbocycles. The van der Waals surface area contributed by atoms with Crippen LogP contribution in [0.5, 0.6) is 0 Å². The van der Waals surface area contributed by atoms with Gasteiger partial charge < -0.3 is 10.1 Å². The van der Waals surface area contributed by atoms with Gasteiger partial charge in [0, 0.05) is 4.88 Å². The Hall–Kier alpha value is -1.62. The number of rotatable bonds is 5. The van der Waals surface area contributed by atoms with Gasteiger partial charge in [-0.25, -0.2) is 0 Å². The minimum absolute atomic E-state index is 0.122. The minimum atomic E-state index is -0.359. The van der Waals surface area contributed by atoms with Crippen molar-refractivity contribution in [2.75, 3.05) is 7.11 Å². The van der Waals surface area contributed by atoms with Crippen LogP contribution >= 0.6 is 11.3 Å². The smallest absolute Gasteiger partial charge is 0.307 e. The number of hydrogen-bond acceptors (Lipinski definition) is 4. The van der Waals surface area contributed by atoms with Crippen LogP contribution in [0.1, 0.15) is 17.3 Å². The molecule has 5 heteroatoms. The molecule has 0 radical (unpaired) electrons. The number of amides is 1. The third kappa shape index (κ3) is 3.51. The fourth-order valence-electron chi connectivity index (χ4n) is 1.19. The first-order chi connectivity index (χ1) is 7.67. The second-order valence-corrected chi connectivity index (χ2v) is 4.04. The summed E-state index contributed by atoms with van der Waals surface area (Å²) in [5, 5.41) is 4.58. The van der Waals surface area contributed by atoms with E-state index in [1.165, 1.54) is 24.5 Å². The monoisotopic (exact) mass is 239 g/mol. The van der Waals surface area contributed by atoms with E-state index in [2.05, 4.69) is 16.6 Å². The third-order valence-corrected chi connectivity index (χ3v) is 2.97. The predicted octanol–water partition coefficient (Wildman–Crippen LogP) is 1.65. The number of carbonyl (C=O) groups excluding carboxylic acids is 2. The molecule has 1 unspecified atom stereocenters. The summed E-state index contributed by atoms with van der Waals surface area (Å²) in [5.41, 5.74) is 0. The van der Waals surface area contributed by atoms with Gasteiger partial charge in [-0.2, -0.15) is 0 Å². The van der Waals surface area contributed by atoms with Gasteiger partial charge >= 0.3 is 5.97 Å². The second kappa shape index (κ2) is 6.07. The molecule has 0 bridgehead atoms. The average Bonchev–Trinajstić information content (AvgIpc) is 2.81. The highest BCUT2D eigenvalue weighted by molar-refractivity contribution is 7.10. The molecule has 0 saturated carbocycles. The molecule has 0 saturated heterocycles. The highest BCUT2D eigenvalue weighted by Gasteiger charge is 2.18. The van der Waals surface area contributed by atoms with Crippen molar-refractivity contribution in [2.24, 2.45) is 0 Å². The minimum Gasteiger partial charge on any atom is -0.469 e. The van der Waals surface area contributed by atoms with Gasteiger partial charge in [0.25, 0.3) is 0 Å². The number of esters is 1. The number of hydrogen-bond donors (Lipinski definition) is 1. The summed E-state index contributed by atoms with van der Waals surface area (Å²) < 4.78 is 4.58. The van der Waals surface area contributed by atoms with Crippen LogP contribution < -0.4 is 5.32 Å². The largest absolute Gasteiger partial charge is 0.469 e. The van der Waals surface area contributed by atoms with Crippen LogP contribution in [0, 0.1) is 0 Å². The zero-order valence-corrected chi connectivity index (χ0v) is 9.75. The molecule has 1 atom stereocenters.